The van der Waals surface area contributed by atoms with Gasteiger partial charge < -0.3 is 4.90 Å². The second-order valence-electron chi connectivity index (χ2n) is 5.64. The number of nitriles is 1. The van der Waals surface area contributed by atoms with Crippen LogP contribution in [0.4, 0.5) is 10.1 Å². The molecular weight excluding hydrogens is 289 g/mol. The lowest BCUT2D eigenvalue weighted by molar-refractivity contribution is 0.364. The van der Waals surface area contributed by atoms with Crippen LogP contribution in [0, 0.1) is 17.1 Å². The molecular formula is C19H18FN3. The van der Waals surface area contributed by atoms with Gasteiger partial charge in [-0.05, 0) is 30.5 Å². The van der Waals surface area contributed by atoms with Crippen LogP contribution in [0.25, 0.3) is 0 Å². The van der Waals surface area contributed by atoms with E-state index >= 15 is 0 Å². The lowest BCUT2D eigenvalue weighted by Gasteiger charge is -2.30. The molecule has 1 fully saturated rings. The first-order valence-corrected chi connectivity index (χ1v) is 7.83. The number of nitrogens with zero attached hydrogens (tertiary/aromatic N) is 3. The highest BCUT2D eigenvalue weighted by Gasteiger charge is 2.18. The number of aliphatic imine (C=N–C) groups is 1. The van der Waals surface area contributed by atoms with E-state index in [-0.39, 0.29) is 5.56 Å². The molecule has 1 aliphatic rings. The second-order valence-corrected chi connectivity index (χ2v) is 5.64. The molecule has 0 amide bonds. The molecule has 0 saturated carbocycles. The van der Waals surface area contributed by atoms with Crippen LogP contribution in [-0.4, -0.2) is 17.3 Å². The Balaban J connectivity index is 1.90. The molecule has 23 heavy (non-hydrogen) atoms. The van der Waals surface area contributed by atoms with Gasteiger partial charge in [-0.1, -0.05) is 36.4 Å². The zero-order valence-electron chi connectivity index (χ0n) is 12.9. The second kappa shape index (κ2) is 7.06. The predicted octanol–water partition coefficient (Wildman–Crippen LogP) is 4.41. The predicted molar refractivity (Wildman–Crippen MR) is 88.9 cm³/mol. The zero-order chi connectivity index (χ0) is 16.1. The highest BCUT2D eigenvalue weighted by atomic mass is 19.1. The largest absolute Gasteiger partial charge is 0.356 e. The summed E-state index contributed by atoms with van der Waals surface area (Å²) in [6.45, 7) is 1.72. The average molecular weight is 307 g/mol. The van der Waals surface area contributed by atoms with Gasteiger partial charge in [-0.2, -0.15) is 5.26 Å². The number of hydrogen-bond donors (Lipinski definition) is 0. The summed E-state index contributed by atoms with van der Waals surface area (Å²) in [6.07, 6.45) is 3.05. The van der Waals surface area contributed by atoms with Crippen LogP contribution in [0.5, 0.6) is 0 Å². The molecule has 0 radical (unpaired) electrons. The molecule has 3 rings (SSSR count). The number of likely N-dealkylation sites (tertiary alicyclic amines) is 1. The van der Waals surface area contributed by atoms with Crippen molar-refractivity contribution in [1.29, 1.82) is 5.26 Å². The summed E-state index contributed by atoms with van der Waals surface area (Å²) in [7, 11) is 0. The summed E-state index contributed by atoms with van der Waals surface area (Å²) in [4.78, 5) is 6.83. The van der Waals surface area contributed by atoms with Gasteiger partial charge >= 0.3 is 0 Å². The van der Waals surface area contributed by atoms with Crippen molar-refractivity contribution < 1.29 is 4.39 Å². The molecule has 3 nitrogen and oxygen atoms in total. The molecule has 116 valence electrons. The van der Waals surface area contributed by atoms with Gasteiger partial charge in [0.05, 0.1) is 5.69 Å². The maximum Gasteiger partial charge on any atom is 0.143 e. The topological polar surface area (TPSA) is 39.4 Å². The molecule has 0 aromatic heterocycles. The van der Waals surface area contributed by atoms with Gasteiger partial charge in [-0.3, -0.25) is 0 Å². The third-order valence-corrected chi connectivity index (χ3v) is 4.01. The van der Waals surface area contributed by atoms with Crippen LogP contribution < -0.4 is 0 Å². The lowest BCUT2D eigenvalue weighted by atomic mass is 10.1. The van der Waals surface area contributed by atoms with E-state index in [9.17, 15) is 4.39 Å². The van der Waals surface area contributed by atoms with Gasteiger partial charge in [-0.15, -0.1) is 0 Å². The minimum atomic E-state index is -0.514. The van der Waals surface area contributed by atoms with Crippen LogP contribution in [0.15, 0.2) is 53.5 Å². The van der Waals surface area contributed by atoms with Crippen LogP contribution in [0.2, 0.25) is 0 Å². The Kier molecular flexibility index (Phi) is 4.68. The van der Waals surface area contributed by atoms with E-state index in [0.717, 1.165) is 38.2 Å². The van der Waals surface area contributed by atoms with Gasteiger partial charge in [0, 0.05) is 19.5 Å². The Morgan fingerprint density at radius 2 is 1.91 bits per heavy atom. The van der Waals surface area contributed by atoms with Crippen molar-refractivity contribution >= 4 is 11.5 Å². The van der Waals surface area contributed by atoms with Crippen molar-refractivity contribution in [2.45, 2.75) is 25.8 Å². The normalized spacial score (nSPS) is 16.3. The van der Waals surface area contributed by atoms with Gasteiger partial charge in [0.2, 0.25) is 0 Å². The Bertz CT molecular complexity index is 747. The van der Waals surface area contributed by atoms with Gasteiger partial charge in [0.15, 0.2) is 0 Å². The van der Waals surface area contributed by atoms with Gasteiger partial charge in [0.25, 0.3) is 0 Å². The number of hydrogen-bond acceptors (Lipinski definition) is 2. The zero-order valence-corrected chi connectivity index (χ0v) is 12.9. The maximum atomic E-state index is 13.7. The molecule has 0 atom stereocenters. The van der Waals surface area contributed by atoms with E-state index in [0.29, 0.717) is 5.69 Å². The molecule has 4 heteroatoms. The fraction of sp³-hybridized carbons (Fsp3) is 0.263. The van der Waals surface area contributed by atoms with Crippen LogP contribution in [0.1, 0.15) is 30.4 Å². The Hall–Kier alpha value is -2.67. The molecule has 1 saturated heterocycles. The number of amidine groups is 1. The summed E-state index contributed by atoms with van der Waals surface area (Å²) in [5.74, 6) is 0.418. The molecule has 2 aromatic rings. The molecule has 0 unspecified atom stereocenters. The first-order chi connectivity index (χ1) is 11.3. The van der Waals surface area contributed by atoms with Crippen molar-refractivity contribution in [2.75, 3.05) is 6.54 Å². The molecule has 0 aliphatic carbocycles. The maximum absolute atomic E-state index is 13.7. The Labute approximate surface area is 135 Å². The first-order valence-electron chi connectivity index (χ1n) is 7.83. The first kappa shape index (κ1) is 15.2. The van der Waals surface area contributed by atoms with Crippen LogP contribution >= 0.6 is 0 Å². The van der Waals surface area contributed by atoms with Gasteiger partial charge in [-0.25, -0.2) is 9.38 Å². The fourth-order valence-corrected chi connectivity index (χ4v) is 2.83. The highest BCUT2D eigenvalue weighted by molar-refractivity contribution is 5.86. The summed E-state index contributed by atoms with van der Waals surface area (Å²) >= 11 is 0. The standard InChI is InChI=1S/C19H18FN3/c20-17-9-6-10-18(16(17)13-21)22-19-11-4-5-12-23(19)14-15-7-2-1-3-8-15/h1-3,6-10H,4-5,11-12,14H2/b22-19+. The van der Waals surface area contributed by atoms with Crippen LogP contribution in [-0.2, 0) is 6.54 Å². The van der Waals surface area contributed by atoms with Crippen molar-refractivity contribution in [3.8, 4) is 6.07 Å². The van der Waals surface area contributed by atoms with Gasteiger partial charge in [0.1, 0.15) is 23.3 Å². The van der Waals surface area contributed by atoms with Crippen molar-refractivity contribution in [1.82, 2.24) is 4.90 Å². The van der Waals surface area contributed by atoms with E-state index in [1.54, 1.807) is 12.1 Å². The van der Waals surface area contributed by atoms with Crippen molar-refractivity contribution in [3.05, 3.63) is 65.5 Å². The molecule has 2 aromatic carbocycles. The third-order valence-electron chi connectivity index (χ3n) is 4.01. The highest BCUT2D eigenvalue weighted by Crippen LogP contribution is 2.24. The fourth-order valence-electron chi connectivity index (χ4n) is 2.83. The molecule has 1 heterocycles. The van der Waals surface area contributed by atoms with E-state index in [1.165, 1.54) is 11.6 Å². The summed E-state index contributed by atoms with van der Waals surface area (Å²) in [6, 6.07) is 16.7. The lowest BCUT2D eigenvalue weighted by Crippen LogP contribution is -2.34. The number of halogens is 1. The summed E-state index contributed by atoms with van der Waals surface area (Å²) in [5, 5.41) is 9.16. The minimum Gasteiger partial charge on any atom is -0.356 e. The molecule has 1 aliphatic heterocycles. The monoisotopic (exact) mass is 307 g/mol. The van der Waals surface area contributed by atoms with Crippen molar-refractivity contribution in [3.63, 3.8) is 0 Å². The third kappa shape index (κ3) is 3.57. The molecule has 0 bridgehead atoms. The summed E-state index contributed by atoms with van der Waals surface area (Å²) in [5.41, 5.74) is 1.66. The smallest absolute Gasteiger partial charge is 0.143 e. The van der Waals surface area contributed by atoms with E-state index in [1.807, 2.05) is 24.3 Å². The quantitative estimate of drug-likeness (QED) is 0.842. The SMILES string of the molecule is N#Cc1c(F)cccc1/N=C1\CCCCN1Cc1ccccc1. The Morgan fingerprint density at radius 1 is 1.09 bits per heavy atom. The average Bonchev–Trinajstić information content (AvgIpc) is 2.58. The molecule has 0 spiro atoms. The number of piperidine rings is 1. The summed E-state index contributed by atoms with van der Waals surface area (Å²) < 4.78 is 13.7. The Morgan fingerprint density at radius 3 is 2.70 bits per heavy atom. The van der Waals surface area contributed by atoms with E-state index in [2.05, 4.69) is 22.0 Å². The molecule has 0 N–H and O–H groups in total. The van der Waals surface area contributed by atoms with Crippen LogP contribution in [0.3, 0.4) is 0 Å². The van der Waals surface area contributed by atoms with E-state index in [4.69, 9.17) is 5.26 Å². The number of rotatable bonds is 3. The van der Waals surface area contributed by atoms with Crippen molar-refractivity contribution in [2.24, 2.45) is 4.99 Å². The van der Waals surface area contributed by atoms with E-state index < -0.39 is 5.82 Å². The number of benzene rings is 2. The minimum absolute atomic E-state index is 0.0187.